The summed E-state index contributed by atoms with van der Waals surface area (Å²) in [6.07, 6.45) is 1.75. The molecule has 0 aromatic rings. The van der Waals surface area contributed by atoms with E-state index < -0.39 is 0 Å². The molecule has 1 atom stereocenters. The lowest BCUT2D eigenvalue weighted by Crippen LogP contribution is -2.24. The van der Waals surface area contributed by atoms with Crippen molar-refractivity contribution in [3.05, 3.63) is 0 Å². The second-order valence-electron chi connectivity index (χ2n) is 4.31. The SMILES string of the molecule is CC1(C)CC1CNCCC(N)=O. The van der Waals surface area contributed by atoms with Gasteiger partial charge in [0.05, 0.1) is 0 Å². The van der Waals surface area contributed by atoms with E-state index in [0.717, 1.165) is 19.0 Å². The average Bonchev–Trinajstić information content (AvgIpc) is 2.51. The summed E-state index contributed by atoms with van der Waals surface area (Å²) >= 11 is 0. The molecule has 1 unspecified atom stereocenters. The molecule has 0 heterocycles. The van der Waals surface area contributed by atoms with E-state index in [4.69, 9.17) is 5.73 Å². The van der Waals surface area contributed by atoms with Gasteiger partial charge in [0.15, 0.2) is 0 Å². The molecule has 1 aliphatic carbocycles. The Balaban J connectivity index is 1.94. The molecule has 0 aliphatic heterocycles. The van der Waals surface area contributed by atoms with Gasteiger partial charge in [-0.25, -0.2) is 0 Å². The molecule has 0 bridgehead atoms. The number of primary amides is 1. The van der Waals surface area contributed by atoms with Crippen molar-refractivity contribution >= 4 is 5.91 Å². The van der Waals surface area contributed by atoms with Gasteiger partial charge in [-0.15, -0.1) is 0 Å². The van der Waals surface area contributed by atoms with E-state index in [-0.39, 0.29) is 5.91 Å². The summed E-state index contributed by atoms with van der Waals surface area (Å²) in [5, 5.41) is 3.23. The third kappa shape index (κ3) is 2.81. The highest BCUT2D eigenvalue weighted by Crippen LogP contribution is 2.50. The Bertz CT molecular complexity index is 177. The smallest absolute Gasteiger partial charge is 0.218 e. The predicted octanol–water partition coefficient (Wildman–Crippen LogP) is 0.497. The molecule has 1 saturated carbocycles. The van der Waals surface area contributed by atoms with E-state index in [1.807, 2.05) is 0 Å². The van der Waals surface area contributed by atoms with Crippen LogP contribution in [0.2, 0.25) is 0 Å². The summed E-state index contributed by atoms with van der Waals surface area (Å²) in [5.41, 5.74) is 5.53. The van der Waals surface area contributed by atoms with E-state index in [2.05, 4.69) is 19.2 Å². The largest absolute Gasteiger partial charge is 0.370 e. The number of nitrogens with two attached hydrogens (primary N) is 1. The molecule has 0 aromatic heterocycles. The van der Waals surface area contributed by atoms with Crippen LogP contribution in [0.1, 0.15) is 26.7 Å². The van der Waals surface area contributed by atoms with Crippen molar-refractivity contribution in [1.29, 1.82) is 0 Å². The monoisotopic (exact) mass is 170 g/mol. The number of carbonyl (C=O) groups is 1. The van der Waals surface area contributed by atoms with E-state index >= 15 is 0 Å². The van der Waals surface area contributed by atoms with Crippen LogP contribution in [0.5, 0.6) is 0 Å². The van der Waals surface area contributed by atoms with Crippen molar-refractivity contribution < 1.29 is 4.79 Å². The molecule has 3 nitrogen and oxygen atoms in total. The number of hydrogen-bond acceptors (Lipinski definition) is 2. The Morgan fingerprint density at radius 1 is 1.67 bits per heavy atom. The zero-order valence-electron chi connectivity index (χ0n) is 7.89. The van der Waals surface area contributed by atoms with E-state index in [1.165, 1.54) is 6.42 Å². The quantitative estimate of drug-likeness (QED) is 0.590. The summed E-state index contributed by atoms with van der Waals surface area (Å²) < 4.78 is 0. The van der Waals surface area contributed by atoms with E-state index in [9.17, 15) is 4.79 Å². The minimum Gasteiger partial charge on any atom is -0.370 e. The van der Waals surface area contributed by atoms with Crippen molar-refractivity contribution in [2.75, 3.05) is 13.1 Å². The van der Waals surface area contributed by atoms with Gasteiger partial charge in [-0.2, -0.15) is 0 Å². The van der Waals surface area contributed by atoms with Crippen molar-refractivity contribution in [2.45, 2.75) is 26.7 Å². The van der Waals surface area contributed by atoms with Gasteiger partial charge < -0.3 is 11.1 Å². The van der Waals surface area contributed by atoms with Crippen LogP contribution in [0.15, 0.2) is 0 Å². The van der Waals surface area contributed by atoms with Crippen LogP contribution in [0, 0.1) is 11.3 Å². The molecule has 0 radical (unpaired) electrons. The van der Waals surface area contributed by atoms with Gasteiger partial charge in [0.2, 0.25) is 5.91 Å². The fourth-order valence-electron chi connectivity index (χ4n) is 1.41. The highest BCUT2D eigenvalue weighted by Gasteiger charge is 2.44. The zero-order valence-corrected chi connectivity index (χ0v) is 7.89. The minimum atomic E-state index is -0.224. The first-order valence-corrected chi connectivity index (χ1v) is 4.51. The number of carbonyl (C=O) groups excluding carboxylic acids is 1. The molecular formula is C9H18N2O. The Hall–Kier alpha value is -0.570. The van der Waals surface area contributed by atoms with Crippen LogP contribution in [0.25, 0.3) is 0 Å². The summed E-state index contributed by atoms with van der Waals surface area (Å²) in [6, 6.07) is 0. The molecule has 12 heavy (non-hydrogen) atoms. The molecule has 3 N–H and O–H groups in total. The standard InChI is InChI=1S/C9H18N2O/c1-9(2)5-7(9)6-11-4-3-8(10)12/h7,11H,3-6H2,1-2H3,(H2,10,12). The Labute approximate surface area is 73.7 Å². The summed E-state index contributed by atoms with van der Waals surface area (Å²) in [6.45, 7) is 6.29. The van der Waals surface area contributed by atoms with Crippen molar-refractivity contribution in [3.8, 4) is 0 Å². The van der Waals surface area contributed by atoms with Gasteiger partial charge in [0.1, 0.15) is 0 Å². The van der Waals surface area contributed by atoms with Gasteiger partial charge in [0.25, 0.3) is 0 Å². The fourth-order valence-corrected chi connectivity index (χ4v) is 1.41. The Kier molecular flexibility index (Phi) is 2.73. The predicted molar refractivity (Wildman–Crippen MR) is 48.6 cm³/mol. The van der Waals surface area contributed by atoms with Crippen LogP contribution in [0.3, 0.4) is 0 Å². The third-order valence-electron chi connectivity index (χ3n) is 2.66. The Morgan fingerprint density at radius 2 is 2.25 bits per heavy atom. The minimum absolute atomic E-state index is 0.224. The zero-order chi connectivity index (χ0) is 9.19. The second kappa shape index (κ2) is 3.44. The molecule has 70 valence electrons. The van der Waals surface area contributed by atoms with Crippen LogP contribution >= 0.6 is 0 Å². The van der Waals surface area contributed by atoms with Gasteiger partial charge in [-0.1, -0.05) is 13.8 Å². The first kappa shape index (κ1) is 9.52. The molecule has 3 heteroatoms. The molecule has 1 rings (SSSR count). The number of rotatable bonds is 5. The second-order valence-corrected chi connectivity index (χ2v) is 4.31. The molecule has 1 fully saturated rings. The van der Waals surface area contributed by atoms with Gasteiger partial charge in [-0.3, -0.25) is 4.79 Å². The van der Waals surface area contributed by atoms with E-state index in [1.54, 1.807) is 0 Å². The maximum atomic E-state index is 10.4. The molecule has 0 aromatic carbocycles. The maximum absolute atomic E-state index is 10.4. The normalized spacial score (nSPS) is 25.3. The van der Waals surface area contributed by atoms with Crippen LogP contribution in [-0.2, 0) is 4.79 Å². The van der Waals surface area contributed by atoms with Crippen molar-refractivity contribution in [2.24, 2.45) is 17.1 Å². The Morgan fingerprint density at radius 3 is 2.67 bits per heavy atom. The first-order valence-electron chi connectivity index (χ1n) is 4.51. The van der Waals surface area contributed by atoms with Crippen LogP contribution in [-0.4, -0.2) is 19.0 Å². The highest BCUT2D eigenvalue weighted by molar-refractivity contribution is 5.73. The van der Waals surface area contributed by atoms with Crippen LogP contribution < -0.4 is 11.1 Å². The maximum Gasteiger partial charge on any atom is 0.218 e. The average molecular weight is 170 g/mol. The van der Waals surface area contributed by atoms with Crippen molar-refractivity contribution in [1.82, 2.24) is 5.32 Å². The third-order valence-corrected chi connectivity index (χ3v) is 2.66. The van der Waals surface area contributed by atoms with Crippen LogP contribution in [0.4, 0.5) is 0 Å². The van der Waals surface area contributed by atoms with Gasteiger partial charge in [-0.05, 0) is 24.3 Å². The molecular weight excluding hydrogens is 152 g/mol. The molecule has 1 amide bonds. The number of nitrogens with one attached hydrogen (secondary N) is 1. The highest BCUT2D eigenvalue weighted by atomic mass is 16.1. The summed E-state index contributed by atoms with van der Waals surface area (Å²) in [5.74, 6) is 0.572. The topological polar surface area (TPSA) is 55.1 Å². The molecule has 0 saturated heterocycles. The van der Waals surface area contributed by atoms with Gasteiger partial charge in [0, 0.05) is 13.0 Å². The fraction of sp³-hybridized carbons (Fsp3) is 0.889. The van der Waals surface area contributed by atoms with Gasteiger partial charge >= 0.3 is 0 Å². The number of hydrogen-bond donors (Lipinski definition) is 2. The number of amides is 1. The summed E-state index contributed by atoms with van der Waals surface area (Å²) in [7, 11) is 0. The molecule has 0 spiro atoms. The summed E-state index contributed by atoms with van der Waals surface area (Å²) in [4.78, 5) is 10.4. The lowest BCUT2D eigenvalue weighted by molar-refractivity contribution is -0.117. The lowest BCUT2D eigenvalue weighted by atomic mass is 10.1. The van der Waals surface area contributed by atoms with E-state index in [0.29, 0.717) is 11.8 Å². The van der Waals surface area contributed by atoms with Crippen molar-refractivity contribution in [3.63, 3.8) is 0 Å². The molecule has 1 aliphatic rings. The first-order chi connectivity index (χ1) is 5.52. The lowest BCUT2D eigenvalue weighted by Gasteiger charge is -2.04.